The number of rotatable bonds is 21. The Kier molecular flexibility index (Phi) is 19.9. The first-order valence-corrected chi connectivity index (χ1v) is 16.8. The molecule has 222 valence electrons. The Hall–Kier alpha value is -2.23. The summed E-state index contributed by atoms with van der Waals surface area (Å²) in [5.41, 5.74) is 0.723. The van der Waals surface area contributed by atoms with Crippen molar-refractivity contribution in [2.75, 3.05) is 13.1 Å². The topological polar surface area (TPSA) is 42.9 Å². The second-order valence-electron chi connectivity index (χ2n) is 11.7. The molecule has 1 fully saturated rings. The Morgan fingerprint density at radius 1 is 0.700 bits per heavy atom. The number of hydrogen-bond donors (Lipinski definition) is 1. The molecule has 0 bridgehead atoms. The molecule has 1 aromatic carbocycles. The molecular weight excluding hydrogens is 490 g/mol. The molecule has 0 aromatic heterocycles. The van der Waals surface area contributed by atoms with Crippen LogP contribution in [0.1, 0.15) is 154 Å². The van der Waals surface area contributed by atoms with Crippen LogP contribution >= 0.6 is 0 Å². The van der Waals surface area contributed by atoms with Crippen molar-refractivity contribution in [3.63, 3.8) is 0 Å². The molecule has 1 aliphatic rings. The van der Waals surface area contributed by atoms with Crippen LogP contribution in [0, 0.1) is 23.7 Å². The largest absolute Gasteiger partial charge is 0.454 e. The fourth-order valence-corrected chi connectivity index (χ4v) is 5.68. The molecule has 3 nitrogen and oxygen atoms in total. The molecule has 0 amide bonds. The van der Waals surface area contributed by atoms with Gasteiger partial charge in [0.15, 0.2) is 0 Å². The van der Waals surface area contributed by atoms with Crippen LogP contribution < -0.4 is 5.32 Å². The highest BCUT2D eigenvalue weighted by atomic mass is 16.6. The van der Waals surface area contributed by atoms with E-state index in [9.17, 15) is 4.79 Å². The third-order valence-corrected chi connectivity index (χ3v) is 8.19. The van der Waals surface area contributed by atoms with Crippen molar-refractivity contribution in [1.82, 2.24) is 0 Å². The lowest BCUT2D eigenvalue weighted by Crippen LogP contribution is -2.87. The van der Waals surface area contributed by atoms with E-state index in [1.807, 2.05) is 18.2 Å². The van der Waals surface area contributed by atoms with Gasteiger partial charge in [0.25, 0.3) is 0 Å². The van der Waals surface area contributed by atoms with Crippen molar-refractivity contribution in [2.45, 2.75) is 154 Å². The Balaban J connectivity index is 1.39. The van der Waals surface area contributed by atoms with Gasteiger partial charge >= 0.3 is 5.97 Å². The van der Waals surface area contributed by atoms with Crippen LogP contribution in [0.2, 0.25) is 0 Å². The summed E-state index contributed by atoms with van der Waals surface area (Å²) in [6, 6.07) is 10.3. The summed E-state index contributed by atoms with van der Waals surface area (Å²) in [5, 5.41) is 2.31. The van der Waals surface area contributed by atoms with Crippen molar-refractivity contribution < 1.29 is 14.8 Å². The van der Waals surface area contributed by atoms with Crippen molar-refractivity contribution in [3.05, 3.63) is 35.9 Å². The molecule has 0 spiro atoms. The second kappa shape index (κ2) is 23.5. The van der Waals surface area contributed by atoms with E-state index in [1.165, 1.54) is 89.9 Å². The number of nitrogens with two attached hydrogens (primary N) is 1. The Bertz CT molecular complexity index is 879. The number of esters is 1. The van der Waals surface area contributed by atoms with Crippen LogP contribution in [0.15, 0.2) is 30.3 Å². The first kappa shape index (κ1) is 34.0. The average molecular weight is 549 g/mol. The normalized spacial score (nSPS) is 14.0. The fourth-order valence-electron chi connectivity index (χ4n) is 5.68. The fraction of sp³-hybridized carbons (Fsp3) is 0.703. The monoisotopic (exact) mass is 548 g/mol. The van der Waals surface area contributed by atoms with E-state index < -0.39 is 5.60 Å². The Morgan fingerprint density at radius 2 is 1.18 bits per heavy atom. The number of piperidine rings is 1. The minimum absolute atomic E-state index is 0.0364. The quantitative estimate of drug-likeness (QED) is 0.0949. The number of benzene rings is 1. The molecule has 2 N–H and O–H groups in total. The van der Waals surface area contributed by atoms with Gasteiger partial charge in [0, 0.05) is 32.1 Å². The summed E-state index contributed by atoms with van der Waals surface area (Å²) in [4.78, 5) is 12.6. The highest BCUT2D eigenvalue weighted by molar-refractivity contribution is 5.70. The maximum absolute atomic E-state index is 12.6. The molecule has 1 saturated heterocycles. The number of quaternary nitrogens is 1. The molecule has 0 saturated carbocycles. The molecule has 1 aromatic rings. The van der Waals surface area contributed by atoms with E-state index in [2.05, 4.69) is 48.1 Å². The van der Waals surface area contributed by atoms with Crippen LogP contribution in [0.5, 0.6) is 0 Å². The van der Waals surface area contributed by atoms with Gasteiger partial charge in [-0.15, -0.1) is 0 Å². The van der Waals surface area contributed by atoms with Gasteiger partial charge in [-0.3, -0.25) is 4.79 Å². The van der Waals surface area contributed by atoms with E-state index >= 15 is 0 Å². The molecule has 2 rings (SSSR count). The molecule has 0 unspecified atom stereocenters. The summed E-state index contributed by atoms with van der Waals surface area (Å²) >= 11 is 0. The van der Waals surface area contributed by atoms with E-state index in [-0.39, 0.29) is 5.97 Å². The third kappa shape index (κ3) is 16.1. The minimum Gasteiger partial charge on any atom is -0.454 e. The molecular formula is C37H58NO2+. The molecule has 40 heavy (non-hydrogen) atoms. The van der Waals surface area contributed by atoms with Crippen LogP contribution in [-0.2, 0) is 15.1 Å². The summed E-state index contributed by atoms with van der Waals surface area (Å²) in [6.07, 6.45) is 26.2. The van der Waals surface area contributed by atoms with Gasteiger partial charge in [-0.1, -0.05) is 139 Å². The SMILES string of the molecule is CCCCCCCCCCCCCC#CC#CCCCCCCCCC(=O)OC1(c2ccccc2)CC[NH2+]CC1. The zero-order valence-electron chi connectivity index (χ0n) is 25.8. The lowest BCUT2D eigenvalue weighted by molar-refractivity contribution is -0.668. The number of unbranched alkanes of at least 4 members (excludes halogenated alkanes) is 17. The van der Waals surface area contributed by atoms with Gasteiger partial charge in [0.05, 0.1) is 13.1 Å². The van der Waals surface area contributed by atoms with Gasteiger partial charge in [-0.05, 0) is 36.7 Å². The van der Waals surface area contributed by atoms with Gasteiger partial charge < -0.3 is 10.1 Å². The minimum atomic E-state index is -0.425. The van der Waals surface area contributed by atoms with Crippen molar-refractivity contribution in [1.29, 1.82) is 0 Å². The first-order valence-electron chi connectivity index (χ1n) is 16.8. The van der Waals surface area contributed by atoms with E-state index in [1.54, 1.807) is 0 Å². The predicted molar refractivity (Wildman–Crippen MR) is 169 cm³/mol. The molecule has 3 heteroatoms. The zero-order chi connectivity index (χ0) is 28.4. The maximum Gasteiger partial charge on any atom is 0.306 e. The number of carbonyl (C=O) groups is 1. The van der Waals surface area contributed by atoms with Crippen LogP contribution in [0.3, 0.4) is 0 Å². The summed E-state index contributed by atoms with van der Waals surface area (Å²) in [5.74, 6) is 12.5. The van der Waals surface area contributed by atoms with E-state index in [4.69, 9.17) is 4.74 Å². The summed E-state index contributed by atoms with van der Waals surface area (Å²) in [7, 11) is 0. The van der Waals surface area contributed by atoms with Gasteiger partial charge in [0.2, 0.25) is 0 Å². The number of ether oxygens (including phenoxy) is 1. The lowest BCUT2D eigenvalue weighted by atomic mass is 9.84. The van der Waals surface area contributed by atoms with Crippen LogP contribution in [0.4, 0.5) is 0 Å². The Morgan fingerprint density at radius 3 is 1.70 bits per heavy atom. The van der Waals surface area contributed by atoms with Crippen molar-refractivity contribution >= 4 is 5.97 Å². The maximum atomic E-state index is 12.6. The average Bonchev–Trinajstić information content (AvgIpc) is 2.98. The van der Waals surface area contributed by atoms with Gasteiger partial charge in [-0.2, -0.15) is 0 Å². The van der Waals surface area contributed by atoms with Crippen molar-refractivity contribution in [3.8, 4) is 23.7 Å². The molecule has 1 heterocycles. The van der Waals surface area contributed by atoms with Crippen molar-refractivity contribution in [2.24, 2.45) is 0 Å². The zero-order valence-corrected chi connectivity index (χ0v) is 25.8. The highest BCUT2D eigenvalue weighted by Crippen LogP contribution is 2.34. The third-order valence-electron chi connectivity index (χ3n) is 8.19. The highest BCUT2D eigenvalue weighted by Gasteiger charge is 2.39. The lowest BCUT2D eigenvalue weighted by Gasteiger charge is -2.36. The van der Waals surface area contributed by atoms with E-state index in [0.717, 1.165) is 63.6 Å². The molecule has 1 aliphatic heterocycles. The van der Waals surface area contributed by atoms with Gasteiger partial charge in [0.1, 0.15) is 5.60 Å². The molecule has 0 aliphatic carbocycles. The first-order chi connectivity index (χ1) is 19.8. The second-order valence-corrected chi connectivity index (χ2v) is 11.7. The number of hydrogen-bond acceptors (Lipinski definition) is 2. The smallest absolute Gasteiger partial charge is 0.306 e. The standard InChI is InChI=1S/C37H57NO2/c1-2-3-4-5-6-7-8-9-10-11-12-13-14-15-16-17-18-19-20-21-22-23-27-30-36(39)40-37(31-33-38-34-32-37)35-28-25-24-26-29-35/h24-26,28-29,38H,2-13,18-23,27,30-34H2,1H3/p+1. The van der Waals surface area contributed by atoms with Gasteiger partial charge in [-0.25, -0.2) is 0 Å². The Labute approximate surface area is 247 Å². The summed E-state index contributed by atoms with van der Waals surface area (Å²) in [6.45, 7) is 4.31. The predicted octanol–water partition coefficient (Wildman–Crippen LogP) is 8.61. The van der Waals surface area contributed by atoms with Crippen LogP contribution in [-0.4, -0.2) is 19.1 Å². The van der Waals surface area contributed by atoms with E-state index in [0.29, 0.717) is 6.42 Å². The molecule has 0 radical (unpaired) electrons. The van der Waals surface area contributed by atoms with Crippen LogP contribution in [0.25, 0.3) is 0 Å². The molecule has 0 atom stereocenters. The number of carbonyl (C=O) groups excluding carboxylic acids is 1. The summed E-state index contributed by atoms with van der Waals surface area (Å²) < 4.78 is 6.13.